The highest BCUT2D eigenvalue weighted by Crippen LogP contribution is 2.15. The van der Waals surface area contributed by atoms with Crippen LogP contribution < -0.4 is 5.48 Å². The van der Waals surface area contributed by atoms with E-state index in [1.54, 1.807) is 5.48 Å². The summed E-state index contributed by atoms with van der Waals surface area (Å²) in [5.41, 5.74) is 5.78. The summed E-state index contributed by atoms with van der Waals surface area (Å²) in [4.78, 5) is 15.7. The first-order valence-electron chi connectivity index (χ1n) is 12.0. The molecule has 3 rings (SSSR count). The van der Waals surface area contributed by atoms with Crippen LogP contribution in [0, 0.1) is 0 Å². The molecule has 8 heteroatoms. The van der Waals surface area contributed by atoms with Crippen LogP contribution in [0.4, 0.5) is 0 Å². The molecule has 0 saturated carbocycles. The lowest BCUT2D eigenvalue weighted by Crippen LogP contribution is -2.45. The number of sulfone groups is 1. The van der Waals surface area contributed by atoms with Crippen molar-refractivity contribution in [2.24, 2.45) is 0 Å². The van der Waals surface area contributed by atoms with E-state index in [4.69, 9.17) is 5.21 Å². The molecule has 186 valence electrons. The van der Waals surface area contributed by atoms with Crippen molar-refractivity contribution >= 4 is 15.7 Å². The summed E-state index contributed by atoms with van der Waals surface area (Å²) in [6.45, 7) is 4.48. The topological polar surface area (TPSA) is 90.0 Å². The highest BCUT2D eigenvalue weighted by Gasteiger charge is 2.18. The number of carbonyl (C=O) groups excluding carboxylic acids is 1. The molecule has 2 aromatic rings. The molecule has 0 aromatic heterocycles. The number of hydrogen-bond acceptors (Lipinski definition) is 6. The van der Waals surface area contributed by atoms with E-state index >= 15 is 0 Å². The van der Waals surface area contributed by atoms with Crippen LogP contribution in [0.3, 0.4) is 0 Å². The quantitative estimate of drug-likeness (QED) is 0.272. The first kappa shape index (κ1) is 26.3. The monoisotopic (exact) mass is 487 g/mol. The summed E-state index contributed by atoms with van der Waals surface area (Å²) >= 11 is 0. The van der Waals surface area contributed by atoms with Crippen molar-refractivity contribution in [3.63, 3.8) is 0 Å². The molecule has 0 spiro atoms. The standard InChI is InChI=1S/C26H37N3O4S/c1-28-13-15-29(16-14-28)17-18-34(32,33)21-25-8-4-7-23(19-25)6-3-2-5-22-9-11-24(12-10-22)20-26(30)27-31/h4,7-12,19,31H,2-3,5-6,13-18,20-21H2,1H3,(H,27,30). The zero-order valence-electron chi connectivity index (χ0n) is 20.1. The van der Waals surface area contributed by atoms with Gasteiger partial charge in [0, 0.05) is 32.7 Å². The number of piperazine rings is 1. The smallest absolute Gasteiger partial charge is 0.247 e. The van der Waals surface area contributed by atoms with Crippen LogP contribution >= 0.6 is 0 Å². The molecule has 1 fully saturated rings. The fourth-order valence-corrected chi connectivity index (χ4v) is 5.62. The molecule has 1 saturated heterocycles. The van der Waals surface area contributed by atoms with Crippen LogP contribution in [0.15, 0.2) is 48.5 Å². The first-order chi connectivity index (χ1) is 16.3. The maximum Gasteiger partial charge on any atom is 0.247 e. The number of carbonyl (C=O) groups is 1. The van der Waals surface area contributed by atoms with E-state index in [0.717, 1.165) is 63.0 Å². The van der Waals surface area contributed by atoms with Gasteiger partial charge in [-0.3, -0.25) is 14.9 Å². The Hall–Kier alpha value is -2.26. The number of hydroxylamine groups is 1. The largest absolute Gasteiger partial charge is 0.304 e. The van der Waals surface area contributed by atoms with Gasteiger partial charge < -0.3 is 4.90 Å². The Balaban J connectivity index is 1.40. The number of hydrogen-bond donors (Lipinski definition) is 2. The normalized spacial score (nSPS) is 15.4. The molecular weight excluding hydrogens is 450 g/mol. The van der Waals surface area contributed by atoms with E-state index in [1.165, 1.54) is 11.1 Å². The molecule has 0 unspecified atom stereocenters. The van der Waals surface area contributed by atoms with Gasteiger partial charge in [-0.15, -0.1) is 0 Å². The maximum absolute atomic E-state index is 12.7. The van der Waals surface area contributed by atoms with E-state index in [0.29, 0.717) is 6.54 Å². The zero-order chi connectivity index (χ0) is 24.4. The minimum atomic E-state index is -3.13. The molecule has 1 aliphatic heterocycles. The number of likely N-dealkylation sites (N-methyl/N-ethyl adjacent to an activating group) is 1. The van der Waals surface area contributed by atoms with Crippen molar-refractivity contribution < 1.29 is 18.4 Å². The van der Waals surface area contributed by atoms with Crippen molar-refractivity contribution in [1.29, 1.82) is 0 Å². The van der Waals surface area contributed by atoms with Gasteiger partial charge in [0.25, 0.3) is 0 Å². The molecule has 1 aliphatic rings. The number of unbranched alkanes of at least 4 members (excludes halogenated alkanes) is 1. The maximum atomic E-state index is 12.7. The van der Waals surface area contributed by atoms with Gasteiger partial charge in [0.05, 0.1) is 17.9 Å². The van der Waals surface area contributed by atoms with Gasteiger partial charge in [-0.25, -0.2) is 13.9 Å². The molecule has 7 nitrogen and oxygen atoms in total. The Morgan fingerprint density at radius 3 is 2.21 bits per heavy atom. The first-order valence-corrected chi connectivity index (χ1v) is 13.8. The molecular formula is C26H37N3O4S. The Labute approximate surface area is 203 Å². The summed E-state index contributed by atoms with van der Waals surface area (Å²) < 4.78 is 25.3. The Kier molecular flexibility index (Phi) is 10.1. The third kappa shape index (κ3) is 9.18. The van der Waals surface area contributed by atoms with Gasteiger partial charge in [-0.05, 0) is 55.0 Å². The lowest BCUT2D eigenvalue weighted by molar-refractivity contribution is -0.128. The van der Waals surface area contributed by atoms with Crippen molar-refractivity contribution in [2.75, 3.05) is 45.5 Å². The summed E-state index contributed by atoms with van der Waals surface area (Å²) in [5.74, 6) is -0.0996. The summed E-state index contributed by atoms with van der Waals surface area (Å²) in [6, 6.07) is 15.9. The molecule has 34 heavy (non-hydrogen) atoms. The average Bonchev–Trinajstić information content (AvgIpc) is 2.82. The molecule has 0 radical (unpaired) electrons. The van der Waals surface area contributed by atoms with E-state index in [1.807, 2.05) is 42.5 Å². The number of rotatable bonds is 12. The molecule has 1 amide bonds. The SMILES string of the molecule is CN1CCN(CCS(=O)(=O)Cc2cccc(CCCCc3ccc(CC(=O)NO)cc3)c2)CC1. The van der Waals surface area contributed by atoms with Gasteiger partial charge in [-0.1, -0.05) is 48.5 Å². The van der Waals surface area contributed by atoms with E-state index in [2.05, 4.69) is 22.9 Å². The van der Waals surface area contributed by atoms with Crippen LogP contribution in [0.1, 0.15) is 35.1 Å². The molecule has 0 atom stereocenters. The van der Waals surface area contributed by atoms with Gasteiger partial charge in [-0.2, -0.15) is 0 Å². The zero-order valence-corrected chi connectivity index (χ0v) is 20.9. The third-order valence-corrected chi connectivity index (χ3v) is 7.96. The number of benzene rings is 2. The molecule has 2 N–H and O–H groups in total. The minimum Gasteiger partial charge on any atom is -0.304 e. The van der Waals surface area contributed by atoms with Gasteiger partial charge in [0.2, 0.25) is 5.91 Å². The Morgan fingerprint density at radius 2 is 1.53 bits per heavy atom. The molecule has 0 aliphatic carbocycles. The predicted octanol–water partition coefficient (Wildman–Crippen LogP) is 2.46. The fraction of sp³-hybridized carbons (Fsp3) is 0.500. The van der Waals surface area contributed by atoms with Gasteiger partial charge in [0.1, 0.15) is 0 Å². The Morgan fingerprint density at radius 1 is 0.912 bits per heavy atom. The average molecular weight is 488 g/mol. The predicted molar refractivity (Wildman–Crippen MR) is 135 cm³/mol. The lowest BCUT2D eigenvalue weighted by Gasteiger charge is -2.32. The summed E-state index contributed by atoms with van der Waals surface area (Å²) in [5, 5.41) is 8.61. The van der Waals surface area contributed by atoms with Crippen LogP contribution in [0.2, 0.25) is 0 Å². The number of nitrogens with one attached hydrogen (secondary N) is 1. The van der Waals surface area contributed by atoms with E-state index in [-0.39, 0.29) is 17.9 Å². The van der Waals surface area contributed by atoms with E-state index < -0.39 is 15.7 Å². The Bertz CT molecular complexity index is 1020. The number of nitrogens with zero attached hydrogens (tertiary/aromatic N) is 2. The summed E-state index contributed by atoms with van der Waals surface area (Å²) in [7, 11) is -1.03. The molecule has 1 heterocycles. The second-order valence-electron chi connectivity index (χ2n) is 9.29. The van der Waals surface area contributed by atoms with Crippen LogP contribution in [0.25, 0.3) is 0 Å². The number of aryl methyl sites for hydroxylation is 2. The van der Waals surface area contributed by atoms with Crippen LogP contribution in [-0.4, -0.2) is 74.9 Å². The highest BCUT2D eigenvalue weighted by atomic mass is 32.2. The van der Waals surface area contributed by atoms with E-state index in [9.17, 15) is 13.2 Å². The number of amides is 1. The fourth-order valence-electron chi connectivity index (χ4n) is 4.25. The summed E-state index contributed by atoms with van der Waals surface area (Å²) in [6.07, 6.45) is 4.09. The van der Waals surface area contributed by atoms with Crippen LogP contribution in [-0.2, 0) is 39.6 Å². The van der Waals surface area contributed by atoms with Gasteiger partial charge in [0.15, 0.2) is 9.84 Å². The van der Waals surface area contributed by atoms with Gasteiger partial charge >= 0.3 is 0 Å². The van der Waals surface area contributed by atoms with Crippen molar-refractivity contribution in [3.05, 3.63) is 70.8 Å². The lowest BCUT2D eigenvalue weighted by atomic mass is 10.0. The second kappa shape index (κ2) is 13.0. The third-order valence-electron chi connectivity index (χ3n) is 6.39. The van der Waals surface area contributed by atoms with Crippen molar-refractivity contribution in [3.8, 4) is 0 Å². The second-order valence-corrected chi connectivity index (χ2v) is 11.5. The van der Waals surface area contributed by atoms with Crippen LogP contribution in [0.5, 0.6) is 0 Å². The van der Waals surface area contributed by atoms with Crippen molar-refractivity contribution in [1.82, 2.24) is 15.3 Å². The minimum absolute atomic E-state index is 0.106. The van der Waals surface area contributed by atoms with Crippen molar-refractivity contribution in [2.45, 2.75) is 37.9 Å². The molecule has 0 bridgehead atoms. The highest BCUT2D eigenvalue weighted by molar-refractivity contribution is 7.90. The molecule has 2 aromatic carbocycles.